The molecule has 67 heavy (non-hydrogen) atoms. The average molecular weight is 973 g/mol. The summed E-state index contributed by atoms with van der Waals surface area (Å²) in [7, 11) is -5.12. The van der Waals surface area contributed by atoms with E-state index in [1.807, 2.05) is 0 Å². The van der Waals surface area contributed by atoms with Crippen LogP contribution in [-0.2, 0) is 32.7 Å². The van der Waals surface area contributed by atoms with Gasteiger partial charge in [-0.3, -0.25) is 18.6 Å². The van der Waals surface area contributed by atoms with Crippen LogP contribution in [0, 0.1) is 0 Å². The number of rotatable bonds is 45. The summed E-state index contributed by atoms with van der Waals surface area (Å²) in [6.45, 7) is 3.31. The van der Waals surface area contributed by atoms with E-state index in [-0.39, 0.29) is 12.8 Å². The fraction of sp³-hybridized carbons (Fsp3) is 0.849. The number of allylic oxidation sites excluding steroid dienone is 6. The summed E-state index contributed by atoms with van der Waals surface area (Å²) in [6, 6.07) is 0. The van der Waals surface area contributed by atoms with Gasteiger partial charge in [-0.15, -0.1) is 0 Å². The van der Waals surface area contributed by atoms with Gasteiger partial charge in [-0.25, -0.2) is 4.57 Å². The zero-order valence-corrected chi connectivity index (χ0v) is 42.8. The van der Waals surface area contributed by atoms with Gasteiger partial charge in [0.25, 0.3) is 0 Å². The molecule has 6 N–H and O–H groups in total. The van der Waals surface area contributed by atoms with Gasteiger partial charge >= 0.3 is 19.8 Å². The van der Waals surface area contributed by atoms with Crippen molar-refractivity contribution in [3.05, 3.63) is 36.5 Å². The Balaban J connectivity index is 2.38. The molecule has 14 heteroatoms. The molecule has 6 atom stereocenters. The van der Waals surface area contributed by atoms with Crippen LogP contribution in [0.4, 0.5) is 0 Å². The maximum Gasteiger partial charge on any atom is 0.472 e. The van der Waals surface area contributed by atoms with Gasteiger partial charge in [0.2, 0.25) is 0 Å². The second kappa shape index (κ2) is 42.9. The fourth-order valence-corrected chi connectivity index (χ4v) is 9.11. The summed E-state index contributed by atoms with van der Waals surface area (Å²) >= 11 is 0. The summed E-state index contributed by atoms with van der Waals surface area (Å²) in [5.74, 6) is -1.10. The van der Waals surface area contributed by atoms with Crippen molar-refractivity contribution in [2.75, 3.05) is 13.2 Å². The lowest BCUT2D eigenvalue weighted by Crippen LogP contribution is -2.64. The number of phosphoric ester groups is 1. The van der Waals surface area contributed by atoms with Crippen LogP contribution in [0.15, 0.2) is 36.5 Å². The maximum atomic E-state index is 12.9. The second-order valence-corrected chi connectivity index (χ2v) is 20.1. The maximum absolute atomic E-state index is 12.9. The van der Waals surface area contributed by atoms with E-state index in [4.69, 9.17) is 18.5 Å². The highest BCUT2D eigenvalue weighted by atomic mass is 31.2. The number of esters is 2. The molecule has 1 aliphatic carbocycles. The number of aliphatic hydroxyl groups is 5. The predicted molar refractivity (Wildman–Crippen MR) is 267 cm³/mol. The molecule has 0 radical (unpaired) electrons. The molecule has 0 aromatic heterocycles. The van der Waals surface area contributed by atoms with Crippen molar-refractivity contribution < 1.29 is 63.1 Å². The van der Waals surface area contributed by atoms with Crippen molar-refractivity contribution in [2.24, 2.45) is 0 Å². The molecular formula is C53H97O13P. The van der Waals surface area contributed by atoms with Crippen LogP contribution < -0.4 is 0 Å². The Morgan fingerprint density at radius 1 is 0.463 bits per heavy atom. The minimum Gasteiger partial charge on any atom is -0.462 e. The first-order chi connectivity index (χ1) is 32.4. The molecule has 6 unspecified atom stereocenters. The number of carbonyl (C=O) groups is 2. The third-order valence-electron chi connectivity index (χ3n) is 12.5. The van der Waals surface area contributed by atoms with Crippen LogP contribution in [0.3, 0.4) is 0 Å². The number of carbonyl (C=O) groups excluding carboxylic acids is 2. The smallest absolute Gasteiger partial charge is 0.462 e. The van der Waals surface area contributed by atoms with Gasteiger partial charge in [-0.05, 0) is 70.6 Å². The standard InChI is InChI=1S/C53H97O13P/c1-3-5-7-9-11-13-15-17-19-21-22-23-24-26-28-30-32-34-36-38-40-42-47(55)65-45(44-64-67(61,62)66-53-51(59)49(57)48(56)50(58)52(53)60)43-63-46(54)41-39-37-35-33-31-29-27-25-20-18-16-14-12-10-8-6-4-2/h15,17-18,20-22,45,48-53,56-60H,3-14,16,19,23-44H2,1-2H3,(H,61,62)/b17-15-,20-18-,22-21-. The lowest BCUT2D eigenvalue weighted by Gasteiger charge is -2.41. The zero-order chi connectivity index (χ0) is 49.2. The van der Waals surface area contributed by atoms with E-state index in [9.17, 15) is 44.6 Å². The highest BCUT2D eigenvalue weighted by Gasteiger charge is 2.51. The molecule has 0 heterocycles. The average Bonchev–Trinajstić information content (AvgIpc) is 3.31. The Morgan fingerprint density at radius 2 is 0.806 bits per heavy atom. The quantitative estimate of drug-likeness (QED) is 0.0145. The molecule has 0 aliphatic heterocycles. The van der Waals surface area contributed by atoms with Gasteiger partial charge in [0.15, 0.2) is 6.10 Å². The number of ether oxygens (including phenoxy) is 2. The molecule has 0 bridgehead atoms. The third kappa shape index (κ3) is 34.9. The van der Waals surface area contributed by atoms with E-state index in [2.05, 4.69) is 50.3 Å². The van der Waals surface area contributed by atoms with Crippen LogP contribution >= 0.6 is 7.82 Å². The second-order valence-electron chi connectivity index (χ2n) is 18.7. The third-order valence-corrected chi connectivity index (χ3v) is 13.4. The van der Waals surface area contributed by atoms with Crippen LogP contribution in [-0.4, -0.2) is 98.3 Å². The van der Waals surface area contributed by atoms with E-state index in [1.54, 1.807) is 0 Å². The van der Waals surface area contributed by atoms with E-state index in [0.29, 0.717) is 12.8 Å². The fourth-order valence-electron chi connectivity index (χ4n) is 8.14. The summed E-state index contributed by atoms with van der Waals surface area (Å²) in [5, 5.41) is 50.3. The monoisotopic (exact) mass is 973 g/mol. The minimum atomic E-state index is -5.12. The first kappa shape index (κ1) is 63.1. The van der Waals surface area contributed by atoms with Crippen molar-refractivity contribution in [3.63, 3.8) is 0 Å². The van der Waals surface area contributed by atoms with Gasteiger partial charge in [0.05, 0.1) is 6.61 Å². The summed E-state index contributed by atoms with van der Waals surface area (Å²) in [4.78, 5) is 35.9. The summed E-state index contributed by atoms with van der Waals surface area (Å²) < 4.78 is 33.7. The molecule has 392 valence electrons. The largest absolute Gasteiger partial charge is 0.472 e. The van der Waals surface area contributed by atoms with Crippen LogP contribution in [0.25, 0.3) is 0 Å². The molecule has 0 aromatic carbocycles. The van der Waals surface area contributed by atoms with E-state index in [1.165, 1.54) is 122 Å². The van der Waals surface area contributed by atoms with E-state index < -0.39 is 75.7 Å². The normalized spacial score (nSPS) is 21.4. The molecular weight excluding hydrogens is 876 g/mol. The highest BCUT2D eigenvalue weighted by molar-refractivity contribution is 7.47. The Labute approximate surface area is 406 Å². The lowest BCUT2D eigenvalue weighted by molar-refractivity contribution is -0.220. The van der Waals surface area contributed by atoms with Gasteiger partial charge in [0.1, 0.15) is 43.2 Å². The Kier molecular flexibility index (Phi) is 40.4. The SMILES string of the molecule is CCCCCCC/C=C\C/C=C\CCCCCCCCCCCC(=O)OC(COC(=O)CCCCCCCCC/C=C\CCCCCCCC)COP(=O)(O)OC1C(O)C(O)C(O)C(O)C1O. The first-order valence-electron chi connectivity index (χ1n) is 26.8. The van der Waals surface area contributed by atoms with Gasteiger partial charge in [-0.1, -0.05) is 185 Å². The van der Waals surface area contributed by atoms with Crippen molar-refractivity contribution >= 4 is 19.8 Å². The molecule has 0 aromatic rings. The molecule has 0 amide bonds. The van der Waals surface area contributed by atoms with Crippen LogP contribution in [0.1, 0.15) is 232 Å². The number of aliphatic hydroxyl groups excluding tert-OH is 5. The predicted octanol–water partition coefficient (Wildman–Crippen LogP) is 11.7. The topological polar surface area (TPSA) is 210 Å². The number of unbranched alkanes of at least 4 members (excludes halogenated alkanes) is 27. The Bertz CT molecular complexity index is 1310. The first-order valence-corrected chi connectivity index (χ1v) is 28.3. The van der Waals surface area contributed by atoms with Crippen molar-refractivity contribution in [1.29, 1.82) is 0 Å². The molecule has 0 saturated heterocycles. The van der Waals surface area contributed by atoms with E-state index in [0.717, 1.165) is 70.6 Å². The van der Waals surface area contributed by atoms with Crippen molar-refractivity contribution in [3.8, 4) is 0 Å². The Hall–Kier alpha value is -1.93. The number of phosphoric acid groups is 1. The van der Waals surface area contributed by atoms with Crippen molar-refractivity contribution in [2.45, 2.75) is 275 Å². The minimum absolute atomic E-state index is 0.0919. The lowest BCUT2D eigenvalue weighted by atomic mass is 9.85. The number of hydrogen-bond donors (Lipinski definition) is 6. The van der Waals surface area contributed by atoms with Crippen LogP contribution in [0.2, 0.25) is 0 Å². The van der Waals surface area contributed by atoms with Gasteiger partial charge < -0.3 is 39.9 Å². The van der Waals surface area contributed by atoms with Gasteiger partial charge in [-0.2, -0.15) is 0 Å². The van der Waals surface area contributed by atoms with Crippen molar-refractivity contribution in [1.82, 2.24) is 0 Å². The molecule has 0 spiro atoms. The number of hydrogen-bond acceptors (Lipinski definition) is 12. The Morgan fingerprint density at radius 3 is 1.22 bits per heavy atom. The van der Waals surface area contributed by atoms with E-state index >= 15 is 0 Å². The molecule has 1 rings (SSSR count). The molecule has 1 fully saturated rings. The molecule has 13 nitrogen and oxygen atoms in total. The molecule has 1 saturated carbocycles. The van der Waals surface area contributed by atoms with Gasteiger partial charge in [0, 0.05) is 12.8 Å². The molecule has 1 aliphatic rings. The highest BCUT2D eigenvalue weighted by Crippen LogP contribution is 2.47. The zero-order valence-electron chi connectivity index (χ0n) is 41.9. The summed E-state index contributed by atoms with van der Waals surface area (Å²) in [6.07, 6.45) is 37.5. The summed E-state index contributed by atoms with van der Waals surface area (Å²) in [5.41, 5.74) is 0. The van der Waals surface area contributed by atoms with Crippen LogP contribution in [0.5, 0.6) is 0 Å².